The molecule has 0 atom stereocenters. The number of hydrogen-bond donors (Lipinski definition) is 0. The van der Waals surface area contributed by atoms with E-state index < -0.39 is 6.36 Å². The molecular weight excluding hydrogens is 473 g/mol. The van der Waals surface area contributed by atoms with Gasteiger partial charge in [0, 0.05) is 16.7 Å². The molecule has 3 rings (SSSR count). The Bertz CT molecular complexity index is 1250. The highest BCUT2D eigenvalue weighted by Crippen LogP contribution is 2.27. The highest BCUT2D eigenvalue weighted by Gasteiger charge is 2.32. The maximum Gasteiger partial charge on any atom is 0.573 e. The number of hydrogen-bond acceptors (Lipinski definition) is 2. The second-order valence-electron chi connectivity index (χ2n) is 8.64. The first-order chi connectivity index (χ1) is 17.9. The van der Waals surface area contributed by atoms with Gasteiger partial charge in [0.05, 0.1) is 12.2 Å². The Balaban J connectivity index is 1.75. The molecule has 0 aliphatic heterocycles. The molecule has 37 heavy (non-hydrogen) atoms. The van der Waals surface area contributed by atoms with E-state index in [1.807, 2.05) is 48.5 Å². The lowest BCUT2D eigenvalue weighted by atomic mass is 10.1. The number of benzene rings is 3. The summed E-state index contributed by atoms with van der Waals surface area (Å²) >= 11 is 0. The Morgan fingerprint density at radius 1 is 0.676 bits per heavy atom. The molecule has 0 spiro atoms. The molecule has 5 heteroatoms. The lowest BCUT2D eigenvalue weighted by Gasteiger charge is -2.11. The van der Waals surface area contributed by atoms with Crippen LogP contribution in [0.25, 0.3) is 0 Å². The van der Waals surface area contributed by atoms with Crippen LogP contribution in [0.4, 0.5) is 13.2 Å². The van der Waals surface area contributed by atoms with Crippen molar-refractivity contribution in [3.63, 3.8) is 0 Å². The van der Waals surface area contributed by atoms with Gasteiger partial charge in [0.15, 0.2) is 0 Å². The summed E-state index contributed by atoms with van der Waals surface area (Å²) in [6.45, 7) is 4.95. The van der Waals surface area contributed by atoms with E-state index >= 15 is 0 Å². The zero-order chi connectivity index (χ0) is 26.5. The van der Waals surface area contributed by atoms with E-state index in [0.717, 1.165) is 55.4 Å². The van der Waals surface area contributed by atoms with Crippen molar-refractivity contribution in [1.82, 2.24) is 0 Å². The molecule has 0 heterocycles. The maximum absolute atomic E-state index is 13.1. The quantitative estimate of drug-likeness (QED) is 0.216. The van der Waals surface area contributed by atoms with Crippen LogP contribution in [0.3, 0.4) is 0 Å². The summed E-state index contributed by atoms with van der Waals surface area (Å²) in [5, 5.41) is 0. The Morgan fingerprint density at radius 2 is 1.27 bits per heavy atom. The fourth-order valence-electron chi connectivity index (χ4n) is 3.51. The summed E-state index contributed by atoms with van der Waals surface area (Å²) in [6.07, 6.45) is 1.64. The van der Waals surface area contributed by atoms with Gasteiger partial charge in [-0.15, -0.1) is 13.2 Å². The number of alkyl halides is 3. The Kier molecular flexibility index (Phi) is 10.5. The van der Waals surface area contributed by atoms with Gasteiger partial charge in [0.2, 0.25) is 0 Å². The fourth-order valence-corrected chi connectivity index (χ4v) is 3.51. The third-order valence-electron chi connectivity index (χ3n) is 5.54. The predicted octanol–water partition coefficient (Wildman–Crippen LogP) is 8.30. The third-order valence-corrected chi connectivity index (χ3v) is 5.54. The summed E-state index contributed by atoms with van der Waals surface area (Å²) in [5.74, 6) is 12.0. The normalized spacial score (nSPS) is 10.6. The maximum atomic E-state index is 13.1. The first kappa shape index (κ1) is 27.8. The molecule has 0 N–H and O–H groups in total. The van der Waals surface area contributed by atoms with Gasteiger partial charge < -0.3 is 9.47 Å². The van der Waals surface area contributed by atoms with Crippen molar-refractivity contribution in [1.29, 1.82) is 0 Å². The van der Waals surface area contributed by atoms with E-state index in [1.165, 1.54) is 17.7 Å². The van der Waals surface area contributed by atoms with Crippen LogP contribution in [-0.4, -0.2) is 13.0 Å². The standard InChI is InChI=1S/C32H31F3O2/c1-3-5-7-23-36-30-21-17-27(18-22-30)13-14-28-16-20-29(31(24-28)37-32(33,34)35)19-15-26-11-9-25(10-12-26)8-6-4-2/h9-12,16-18,20-22,24H,3-8,23H2,1-2H3. The van der Waals surface area contributed by atoms with Crippen LogP contribution in [0.1, 0.15) is 73.8 Å². The van der Waals surface area contributed by atoms with Crippen molar-refractivity contribution in [3.8, 4) is 35.2 Å². The summed E-state index contributed by atoms with van der Waals surface area (Å²) in [7, 11) is 0. The Hall–Kier alpha value is -3.83. The molecule has 2 nitrogen and oxygen atoms in total. The SMILES string of the molecule is CCCCCOc1ccc(C#Cc2ccc(C#Cc3ccc(CCCC)cc3)c(OC(F)(F)F)c2)cc1. The smallest absolute Gasteiger partial charge is 0.494 e. The lowest BCUT2D eigenvalue weighted by Crippen LogP contribution is -2.18. The van der Waals surface area contributed by atoms with Crippen LogP contribution < -0.4 is 9.47 Å². The van der Waals surface area contributed by atoms with E-state index in [4.69, 9.17) is 4.74 Å². The van der Waals surface area contributed by atoms with Crippen LogP contribution >= 0.6 is 0 Å². The Morgan fingerprint density at radius 3 is 1.92 bits per heavy atom. The lowest BCUT2D eigenvalue weighted by molar-refractivity contribution is -0.274. The number of aryl methyl sites for hydroxylation is 1. The van der Waals surface area contributed by atoms with Crippen LogP contribution in [0.15, 0.2) is 66.7 Å². The van der Waals surface area contributed by atoms with Crippen molar-refractivity contribution < 1.29 is 22.6 Å². The van der Waals surface area contributed by atoms with Crippen molar-refractivity contribution >= 4 is 0 Å². The van der Waals surface area contributed by atoms with E-state index in [-0.39, 0.29) is 11.3 Å². The molecule has 0 amide bonds. The zero-order valence-corrected chi connectivity index (χ0v) is 21.3. The van der Waals surface area contributed by atoms with Crippen LogP contribution in [0.2, 0.25) is 0 Å². The van der Waals surface area contributed by atoms with Gasteiger partial charge in [0.1, 0.15) is 11.5 Å². The minimum absolute atomic E-state index is 0.141. The van der Waals surface area contributed by atoms with Crippen molar-refractivity contribution in [2.45, 2.75) is 58.7 Å². The largest absolute Gasteiger partial charge is 0.573 e. The average molecular weight is 505 g/mol. The molecular formula is C32H31F3O2. The zero-order valence-electron chi connectivity index (χ0n) is 21.3. The summed E-state index contributed by atoms with van der Waals surface area (Å²) in [5.41, 5.74) is 3.20. The molecule has 0 aliphatic carbocycles. The van der Waals surface area contributed by atoms with Gasteiger partial charge in [-0.05, 0) is 79.4 Å². The van der Waals surface area contributed by atoms with E-state index in [1.54, 1.807) is 6.07 Å². The highest BCUT2D eigenvalue weighted by molar-refractivity contribution is 5.55. The Labute approximate surface area is 217 Å². The molecule has 0 radical (unpaired) electrons. The number of halogens is 3. The minimum atomic E-state index is -4.84. The molecule has 192 valence electrons. The molecule has 0 saturated heterocycles. The van der Waals surface area contributed by atoms with Gasteiger partial charge in [-0.2, -0.15) is 0 Å². The molecule has 0 unspecified atom stereocenters. The van der Waals surface area contributed by atoms with Crippen molar-refractivity contribution in [2.24, 2.45) is 0 Å². The number of ether oxygens (including phenoxy) is 2. The second-order valence-corrected chi connectivity index (χ2v) is 8.64. The highest BCUT2D eigenvalue weighted by atomic mass is 19.4. The molecule has 0 aliphatic rings. The van der Waals surface area contributed by atoms with Crippen molar-refractivity contribution in [2.75, 3.05) is 6.61 Å². The van der Waals surface area contributed by atoms with Gasteiger partial charge >= 0.3 is 6.36 Å². The van der Waals surface area contributed by atoms with Gasteiger partial charge in [0.25, 0.3) is 0 Å². The van der Waals surface area contributed by atoms with Crippen LogP contribution in [0, 0.1) is 23.7 Å². The molecule has 0 bridgehead atoms. The predicted molar refractivity (Wildman–Crippen MR) is 142 cm³/mol. The minimum Gasteiger partial charge on any atom is -0.494 e. The number of rotatable bonds is 9. The third kappa shape index (κ3) is 9.98. The van der Waals surface area contributed by atoms with Gasteiger partial charge in [-0.3, -0.25) is 0 Å². The first-order valence-electron chi connectivity index (χ1n) is 12.6. The van der Waals surface area contributed by atoms with E-state index in [0.29, 0.717) is 12.2 Å². The molecule has 0 fully saturated rings. The van der Waals surface area contributed by atoms with Crippen molar-refractivity contribution in [3.05, 3.63) is 94.5 Å². The van der Waals surface area contributed by atoms with Gasteiger partial charge in [-0.25, -0.2) is 0 Å². The van der Waals surface area contributed by atoms with Crippen LogP contribution in [-0.2, 0) is 6.42 Å². The topological polar surface area (TPSA) is 18.5 Å². The summed E-state index contributed by atoms with van der Waals surface area (Å²) in [6, 6.07) is 19.5. The fraction of sp³-hybridized carbons (Fsp3) is 0.312. The summed E-state index contributed by atoms with van der Waals surface area (Å²) < 4.78 is 49.1. The average Bonchev–Trinajstić information content (AvgIpc) is 2.88. The van der Waals surface area contributed by atoms with Crippen LogP contribution in [0.5, 0.6) is 11.5 Å². The molecule has 0 aromatic heterocycles. The van der Waals surface area contributed by atoms with E-state index in [2.05, 4.69) is 42.3 Å². The molecule has 0 saturated carbocycles. The monoisotopic (exact) mass is 504 g/mol. The van der Waals surface area contributed by atoms with E-state index in [9.17, 15) is 13.2 Å². The summed E-state index contributed by atoms with van der Waals surface area (Å²) in [4.78, 5) is 0. The first-order valence-corrected chi connectivity index (χ1v) is 12.6. The molecule has 3 aromatic carbocycles. The molecule has 3 aromatic rings. The number of unbranched alkanes of at least 4 members (excludes halogenated alkanes) is 3. The van der Waals surface area contributed by atoms with Gasteiger partial charge in [-0.1, -0.05) is 68.9 Å². The second kappa shape index (κ2) is 14.0.